The molecule has 2 aromatic carbocycles. The molecule has 2 aromatic rings. The molecule has 0 saturated heterocycles. The van der Waals surface area contributed by atoms with Gasteiger partial charge in [-0.2, -0.15) is 0 Å². The topological polar surface area (TPSA) is 37.3 Å². The number of fused-ring (bicyclic) bond motifs is 3. The lowest BCUT2D eigenvalue weighted by Gasteiger charge is -2.19. The summed E-state index contributed by atoms with van der Waals surface area (Å²) in [5, 5.41) is 9.30. The first-order chi connectivity index (χ1) is 14.7. The first-order valence-electron chi connectivity index (χ1n) is 12.2. The second-order valence-corrected chi connectivity index (χ2v) is 9.40. The number of carboxylic acid groups (broad SMARTS) is 1. The number of hydrogen-bond donors (Lipinski definition) is 1. The highest BCUT2D eigenvalue weighted by Gasteiger charge is 2.19. The molecule has 0 spiro atoms. The van der Waals surface area contributed by atoms with E-state index < -0.39 is 5.97 Å². The molecule has 160 valence electrons. The number of carboxylic acids is 1. The first-order valence-corrected chi connectivity index (χ1v) is 12.2. The van der Waals surface area contributed by atoms with E-state index in [9.17, 15) is 9.90 Å². The van der Waals surface area contributed by atoms with Gasteiger partial charge in [0.2, 0.25) is 0 Å². The Bertz CT molecular complexity index is 852. The SMILES string of the molecule is C1CC1.O=C(O)c1ccc2c(c1)CCCc1cc(C3CCCCCCCC3)ccc1-2. The van der Waals surface area contributed by atoms with Gasteiger partial charge in [-0.3, -0.25) is 0 Å². The normalized spacial score (nSPS) is 18.9. The van der Waals surface area contributed by atoms with Gasteiger partial charge in [0.25, 0.3) is 0 Å². The van der Waals surface area contributed by atoms with Crippen LogP contribution in [-0.2, 0) is 12.8 Å². The van der Waals surface area contributed by atoms with Gasteiger partial charge >= 0.3 is 5.97 Å². The van der Waals surface area contributed by atoms with Gasteiger partial charge in [-0.05, 0) is 78.0 Å². The van der Waals surface area contributed by atoms with Crippen molar-refractivity contribution in [1.82, 2.24) is 0 Å². The molecule has 1 N–H and O–H groups in total. The van der Waals surface area contributed by atoms with Gasteiger partial charge in [0.1, 0.15) is 0 Å². The van der Waals surface area contributed by atoms with Crippen molar-refractivity contribution in [3.05, 3.63) is 58.7 Å². The lowest BCUT2D eigenvalue weighted by Crippen LogP contribution is -2.01. The molecular weight excluding hydrogens is 368 g/mol. The van der Waals surface area contributed by atoms with Crippen molar-refractivity contribution in [2.75, 3.05) is 0 Å². The van der Waals surface area contributed by atoms with Crippen molar-refractivity contribution in [3.8, 4) is 11.1 Å². The molecule has 0 radical (unpaired) electrons. The molecule has 0 bridgehead atoms. The van der Waals surface area contributed by atoms with Gasteiger partial charge in [-0.1, -0.05) is 82.1 Å². The minimum absolute atomic E-state index is 0.402. The summed E-state index contributed by atoms with van der Waals surface area (Å²) in [7, 11) is 0. The second kappa shape index (κ2) is 10.3. The van der Waals surface area contributed by atoms with Crippen molar-refractivity contribution in [3.63, 3.8) is 0 Å². The third-order valence-corrected chi connectivity index (χ3v) is 6.84. The second-order valence-electron chi connectivity index (χ2n) is 9.40. The average Bonchev–Trinajstić information content (AvgIpc) is 3.63. The summed E-state index contributed by atoms with van der Waals surface area (Å²) in [6.07, 6.45) is 18.6. The standard InChI is InChI=1S/C25H30O2.C3H6/c26-25(27)22-13-15-24-21(17-22)11-7-10-20-16-19(12-14-23(20)24)18-8-5-3-1-2-4-6-9-18;1-2-3-1/h12-18H,1-11H2,(H,26,27);1-3H2. The summed E-state index contributed by atoms with van der Waals surface area (Å²) in [4.78, 5) is 11.3. The molecule has 5 rings (SSSR count). The van der Waals surface area contributed by atoms with Crippen LogP contribution in [-0.4, -0.2) is 11.1 Å². The van der Waals surface area contributed by atoms with Crippen LogP contribution in [0.25, 0.3) is 11.1 Å². The molecule has 3 aliphatic rings. The van der Waals surface area contributed by atoms with E-state index in [1.165, 1.54) is 98.4 Å². The molecular formula is C28H36O2. The van der Waals surface area contributed by atoms with Gasteiger partial charge in [-0.15, -0.1) is 0 Å². The lowest BCUT2D eigenvalue weighted by molar-refractivity contribution is 0.0697. The Labute approximate surface area is 181 Å². The van der Waals surface area contributed by atoms with Crippen LogP contribution < -0.4 is 0 Å². The van der Waals surface area contributed by atoms with Gasteiger partial charge in [-0.25, -0.2) is 4.79 Å². The minimum atomic E-state index is -0.835. The van der Waals surface area contributed by atoms with Crippen LogP contribution in [0.1, 0.15) is 110 Å². The van der Waals surface area contributed by atoms with E-state index in [-0.39, 0.29) is 0 Å². The van der Waals surface area contributed by atoms with Crippen LogP contribution in [0.15, 0.2) is 36.4 Å². The van der Waals surface area contributed by atoms with Crippen molar-refractivity contribution < 1.29 is 9.90 Å². The van der Waals surface area contributed by atoms with E-state index in [1.54, 1.807) is 6.07 Å². The monoisotopic (exact) mass is 404 g/mol. The number of aryl methyl sites for hydroxylation is 2. The molecule has 0 aliphatic heterocycles. The van der Waals surface area contributed by atoms with Crippen molar-refractivity contribution in [2.45, 2.75) is 95.8 Å². The third kappa shape index (κ3) is 5.53. The zero-order valence-electron chi connectivity index (χ0n) is 18.3. The first kappa shape index (κ1) is 21.2. The Balaban J connectivity index is 0.000000667. The predicted molar refractivity (Wildman–Crippen MR) is 124 cm³/mol. The molecule has 2 heteroatoms. The summed E-state index contributed by atoms with van der Waals surface area (Å²) in [5.41, 5.74) is 7.11. The van der Waals surface area contributed by atoms with Crippen LogP contribution in [0.3, 0.4) is 0 Å². The quantitative estimate of drug-likeness (QED) is 0.552. The van der Waals surface area contributed by atoms with Gasteiger partial charge in [0.15, 0.2) is 0 Å². The number of rotatable bonds is 2. The van der Waals surface area contributed by atoms with Crippen LogP contribution in [0.5, 0.6) is 0 Å². The number of carbonyl (C=O) groups is 1. The molecule has 0 atom stereocenters. The minimum Gasteiger partial charge on any atom is -0.478 e. The largest absolute Gasteiger partial charge is 0.478 e. The highest BCUT2D eigenvalue weighted by atomic mass is 16.4. The fourth-order valence-electron chi connectivity index (χ4n) is 4.97. The zero-order valence-corrected chi connectivity index (χ0v) is 18.3. The fourth-order valence-corrected chi connectivity index (χ4v) is 4.97. The summed E-state index contributed by atoms with van der Waals surface area (Å²) >= 11 is 0. The average molecular weight is 405 g/mol. The lowest BCUT2D eigenvalue weighted by atomic mass is 9.86. The molecule has 0 heterocycles. The van der Waals surface area contributed by atoms with Crippen LogP contribution in [0.2, 0.25) is 0 Å². The van der Waals surface area contributed by atoms with Crippen molar-refractivity contribution >= 4 is 5.97 Å². The highest BCUT2D eigenvalue weighted by molar-refractivity contribution is 5.89. The number of benzene rings is 2. The molecule has 0 amide bonds. The number of aromatic carboxylic acids is 1. The third-order valence-electron chi connectivity index (χ3n) is 6.84. The van der Waals surface area contributed by atoms with E-state index in [0.717, 1.165) is 19.3 Å². The molecule has 2 nitrogen and oxygen atoms in total. The fraction of sp³-hybridized carbons (Fsp3) is 0.536. The smallest absolute Gasteiger partial charge is 0.335 e. The summed E-state index contributed by atoms with van der Waals surface area (Å²) in [6, 6.07) is 12.8. The maximum Gasteiger partial charge on any atom is 0.335 e. The van der Waals surface area contributed by atoms with E-state index in [1.807, 2.05) is 12.1 Å². The summed E-state index contributed by atoms with van der Waals surface area (Å²) in [5.74, 6) is -0.122. The van der Waals surface area contributed by atoms with Crippen LogP contribution in [0, 0.1) is 0 Å². The van der Waals surface area contributed by atoms with Crippen molar-refractivity contribution in [2.24, 2.45) is 0 Å². The van der Waals surface area contributed by atoms with Crippen molar-refractivity contribution in [1.29, 1.82) is 0 Å². The Hall–Kier alpha value is -2.09. The summed E-state index contributed by atoms with van der Waals surface area (Å²) < 4.78 is 0. The maximum absolute atomic E-state index is 11.3. The van der Waals surface area contributed by atoms with Gasteiger partial charge in [0, 0.05) is 0 Å². The van der Waals surface area contributed by atoms with E-state index in [2.05, 4.69) is 18.2 Å². The molecule has 3 aliphatic carbocycles. The molecule has 30 heavy (non-hydrogen) atoms. The van der Waals surface area contributed by atoms with E-state index in [4.69, 9.17) is 0 Å². The molecule has 0 unspecified atom stereocenters. The Kier molecular flexibility index (Phi) is 7.25. The molecule has 2 fully saturated rings. The Morgan fingerprint density at radius 1 is 0.667 bits per heavy atom. The van der Waals surface area contributed by atoms with E-state index >= 15 is 0 Å². The maximum atomic E-state index is 11.3. The zero-order chi connectivity index (χ0) is 20.8. The Morgan fingerprint density at radius 2 is 1.20 bits per heavy atom. The molecule has 0 aromatic heterocycles. The van der Waals surface area contributed by atoms with Crippen LogP contribution in [0.4, 0.5) is 0 Å². The van der Waals surface area contributed by atoms with Crippen LogP contribution >= 0.6 is 0 Å². The van der Waals surface area contributed by atoms with Gasteiger partial charge in [0.05, 0.1) is 5.56 Å². The summed E-state index contributed by atoms with van der Waals surface area (Å²) in [6.45, 7) is 0. The number of hydrogen-bond acceptors (Lipinski definition) is 1. The highest BCUT2D eigenvalue weighted by Crippen LogP contribution is 2.37. The Morgan fingerprint density at radius 3 is 1.80 bits per heavy atom. The van der Waals surface area contributed by atoms with Gasteiger partial charge < -0.3 is 5.11 Å². The predicted octanol–water partition coefficient (Wildman–Crippen LogP) is 7.93. The molecule has 2 saturated carbocycles. The van der Waals surface area contributed by atoms with E-state index in [0.29, 0.717) is 11.5 Å².